The summed E-state index contributed by atoms with van der Waals surface area (Å²) in [7, 11) is -3.99. The van der Waals surface area contributed by atoms with Crippen molar-refractivity contribution in [3.05, 3.63) is 108 Å². The van der Waals surface area contributed by atoms with Gasteiger partial charge in [0.1, 0.15) is 11.6 Å². The van der Waals surface area contributed by atoms with Crippen molar-refractivity contribution in [3.63, 3.8) is 0 Å². The molecule has 0 amide bonds. The van der Waals surface area contributed by atoms with E-state index in [-0.39, 0.29) is 15.7 Å². The topological polar surface area (TPSA) is 96.9 Å². The first kappa shape index (κ1) is 24.6. The predicted molar refractivity (Wildman–Crippen MR) is 144 cm³/mol. The molecule has 5 rings (SSSR count). The Hall–Kier alpha value is -4.08. The van der Waals surface area contributed by atoms with E-state index in [1.54, 1.807) is 18.5 Å². The van der Waals surface area contributed by atoms with Crippen LogP contribution in [0.2, 0.25) is 5.15 Å². The summed E-state index contributed by atoms with van der Waals surface area (Å²) in [5, 5.41) is 3.29. The molecule has 0 unspecified atom stereocenters. The van der Waals surface area contributed by atoms with Gasteiger partial charge in [-0.2, -0.15) is 0 Å². The number of hydrogen-bond acceptors (Lipinski definition) is 6. The van der Waals surface area contributed by atoms with Gasteiger partial charge in [-0.3, -0.25) is 9.71 Å². The molecule has 0 spiro atoms. The van der Waals surface area contributed by atoms with Crippen LogP contribution >= 0.6 is 11.6 Å². The molecule has 2 N–H and O–H groups in total. The molecule has 0 radical (unpaired) electrons. The molecule has 186 valence electrons. The second-order valence-electron chi connectivity index (χ2n) is 8.24. The van der Waals surface area contributed by atoms with Gasteiger partial charge in [0, 0.05) is 18.3 Å². The fourth-order valence-corrected chi connectivity index (χ4v) is 5.01. The van der Waals surface area contributed by atoms with Gasteiger partial charge in [-0.1, -0.05) is 48.0 Å². The van der Waals surface area contributed by atoms with Crippen molar-refractivity contribution < 1.29 is 12.8 Å². The second kappa shape index (κ2) is 10.5. The molecule has 0 aliphatic rings. The SMILES string of the molecule is O=S(=O)(Nc1cc(-c2ccc3ncc(NCCc4ccccc4)nc3c2)cnc1Cl)c1ccc(F)cc1. The average Bonchev–Trinajstić information content (AvgIpc) is 2.90. The van der Waals surface area contributed by atoms with E-state index in [4.69, 9.17) is 11.6 Å². The van der Waals surface area contributed by atoms with Crippen LogP contribution in [0.5, 0.6) is 0 Å². The summed E-state index contributed by atoms with van der Waals surface area (Å²) in [6.07, 6.45) is 4.10. The van der Waals surface area contributed by atoms with Crippen molar-refractivity contribution in [2.75, 3.05) is 16.6 Å². The third-order valence-electron chi connectivity index (χ3n) is 5.65. The lowest BCUT2D eigenvalue weighted by Gasteiger charge is -2.11. The number of fused-ring (bicyclic) bond motifs is 1. The first-order valence-electron chi connectivity index (χ1n) is 11.4. The monoisotopic (exact) mass is 533 g/mol. The number of halogens is 2. The zero-order valence-corrected chi connectivity index (χ0v) is 21.0. The van der Waals surface area contributed by atoms with E-state index in [0.29, 0.717) is 23.4 Å². The third-order valence-corrected chi connectivity index (χ3v) is 7.33. The van der Waals surface area contributed by atoms with Crippen molar-refractivity contribution in [2.24, 2.45) is 0 Å². The lowest BCUT2D eigenvalue weighted by molar-refractivity contribution is 0.599. The van der Waals surface area contributed by atoms with Crippen molar-refractivity contribution >= 4 is 44.2 Å². The standard InChI is InChI=1S/C27H21ClFN5O2S/c28-27-25(34-37(35,36)22-9-7-21(29)8-10-22)15-20(16-32-27)19-6-11-23-24(14-19)33-26(17-31-23)30-13-12-18-4-2-1-3-5-18/h1-11,14-17,34H,12-13H2,(H,30,33). The predicted octanol–water partition coefficient (Wildman–Crippen LogP) is 5.94. The summed E-state index contributed by atoms with van der Waals surface area (Å²) >= 11 is 6.18. The first-order chi connectivity index (χ1) is 17.9. The molecule has 7 nitrogen and oxygen atoms in total. The lowest BCUT2D eigenvalue weighted by atomic mass is 10.1. The Morgan fingerprint density at radius 1 is 0.838 bits per heavy atom. The summed E-state index contributed by atoms with van der Waals surface area (Å²) in [6.45, 7) is 0.711. The summed E-state index contributed by atoms with van der Waals surface area (Å²) in [4.78, 5) is 13.2. The number of nitrogens with zero attached hydrogens (tertiary/aromatic N) is 3. The summed E-state index contributed by atoms with van der Waals surface area (Å²) < 4.78 is 41.2. The van der Waals surface area contributed by atoms with E-state index < -0.39 is 15.8 Å². The summed E-state index contributed by atoms with van der Waals surface area (Å²) in [5.41, 5.74) is 4.11. The van der Waals surface area contributed by atoms with Crippen molar-refractivity contribution in [1.82, 2.24) is 15.0 Å². The molecular weight excluding hydrogens is 513 g/mol. The molecule has 3 aromatic carbocycles. The minimum absolute atomic E-state index is 0.0140. The van der Waals surface area contributed by atoms with E-state index in [9.17, 15) is 12.8 Å². The lowest BCUT2D eigenvalue weighted by Crippen LogP contribution is -2.13. The molecule has 0 aliphatic carbocycles. The van der Waals surface area contributed by atoms with Gasteiger partial charge in [-0.05, 0) is 60.0 Å². The number of hydrogen-bond donors (Lipinski definition) is 2. The molecule has 0 saturated heterocycles. The minimum atomic E-state index is -3.99. The van der Waals surface area contributed by atoms with Gasteiger partial charge < -0.3 is 5.32 Å². The van der Waals surface area contributed by atoms with Crippen molar-refractivity contribution in [2.45, 2.75) is 11.3 Å². The van der Waals surface area contributed by atoms with Gasteiger partial charge in [0.15, 0.2) is 5.15 Å². The second-order valence-corrected chi connectivity index (χ2v) is 10.3. The van der Waals surface area contributed by atoms with Crippen LogP contribution < -0.4 is 10.0 Å². The number of anilines is 2. The van der Waals surface area contributed by atoms with E-state index in [1.807, 2.05) is 36.4 Å². The molecule has 0 atom stereocenters. The molecule has 37 heavy (non-hydrogen) atoms. The zero-order valence-electron chi connectivity index (χ0n) is 19.4. The van der Waals surface area contributed by atoms with E-state index in [2.05, 4.69) is 37.1 Å². The third kappa shape index (κ3) is 5.84. The van der Waals surface area contributed by atoms with E-state index in [0.717, 1.165) is 29.6 Å². The van der Waals surface area contributed by atoms with Crippen LogP contribution in [-0.4, -0.2) is 29.9 Å². The Bertz CT molecular complexity index is 1670. The number of nitrogens with one attached hydrogen (secondary N) is 2. The van der Waals surface area contributed by atoms with Crippen LogP contribution in [0, 0.1) is 5.82 Å². The minimum Gasteiger partial charge on any atom is -0.368 e. The number of pyridine rings is 1. The molecule has 2 heterocycles. The highest BCUT2D eigenvalue weighted by Crippen LogP contribution is 2.30. The van der Waals surface area contributed by atoms with Crippen LogP contribution in [0.15, 0.2) is 96.2 Å². The Morgan fingerprint density at radius 2 is 1.62 bits per heavy atom. The first-order valence-corrected chi connectivity index (χ1v) is 13.2. The molecular formula is C27H21ClFN5O2S. The molecule has 0 fully saturated rings. The quantitative estimate of drug-likeness (QED) is 0.240. The van der Waals surface area contributed by atoms with Crippen molar-refractivity contribution in [3.8, 4) is 11.1 Å². The normalized spacial score (nSPS) is 11.4. The van der Waals surface area contributed by atoms with Gasteiger partial charge in [-0.25, -0.2) is 22.8 Å². The Balaban J connectivity index is 1.37. The highest BCUT2D eigenvalue weighted by atomic mass is 35.5. The highest BCUT2D eigenvalue weighted by Gasteiger charge is 2.17. The maximum atomic E-state index is 13.2. The largest absolute Gasteiger partial charge is 0.368 e. The van der Waals surface area contributed by atoms with E-state index >= 15 is 0 Å². The van der Waals surface area contributed by atoms with Crippen LogP contribution in [-0.2, 0) is 16.4 Å². The molecule has 5 aromatic rings. The van der Waals surface area contributed by atoms with E-state index in [1.165, 1.54) is 17.7 Å². The van der Waals surface area contributed by atoms with Crippen LogP contribution in [0.1, 0.15) is 5.56 Å². The maximum Gasteiger partial charge on any atom is 0.261 e. The van der Waals surface area contributed by atoms with Gasteiger partial charge in [0.2, 0.25) is 0 Å². The summed E-state index contributed by atoms with van der Waals surface area (Å²) in [6, 6.07) is 21.8. The number of aromatic nitrogens is 3. The van der Waals surface area contributed by atoms with Crippen molar-refractivity contribution in [1.29, 1.82) is 0 Å². The zero-order chi connectivity index (χ0) is 25.8. The molecule has 2 aromatic heterocycles. The van der Waals surface area contributed by atoms with Gasteiger partial charge in [-0.15, -0.1) is 0 Å². The Morgan fingerprint density at radius 3 is 2.41 bits per heavy atom. The van der Waals surface area contributed by atoms with Gasteiger partial charge in [0.25, 0.3) is 10.0 Å². The molecule has 0 aliphatic heterocycles. The van der Waals surface area contributed by atoms with Crippen LogP contribution in [0.25, 0.3) is 22.2 Å². The molecule has 10 heteroatoms. The smallest absolute Gasteiger partial charge is 0.261 e. The number of benzene rings is 3. The number of rotatable bonds is 8. The highest BCUT2D eigenvalue weighted by molar-refractivity contribution is 7.92. The maximum absolute atomic E-state index is 13.2. The Kier molecular flexibility index (Phi) is 6.98. The fourth-order valence-electron chi connectivity index (χ4n) is 3.75. The molecule has 0 bridgehead atoms. The van der Waals surface area contributed by atoms with Crippen LogP contribution in [0.4, 0.5) is 15.9 Å². The average molecular weight is 534 g/mol. The van der Waals surface area contributed by atoms with Crippen LogP contribution in [0.3, 0.4) is 0 Å². The summed E-state index contributed by atoms with van der Waals surface area (Å²) in [5.74, 6) is 0.122. The molecule has 0 saturated carbocycles. The fraction of sp³-hybridized carbons (Fsp3) is 0.0741. The van der Waals surface area contributed by atoms with Gasteiger partial charge in [0.05, 0.1) is 27.8 Å². The van der Waals surface area contributed by atoms with Gasteiger partial charge >= 0.3 is 0 Å². The Labute approximate surface area is 218 Å². The number of sulfonamides is 1.